The molecule has 0 radical (unpaired) electrons. The Labute approximate surface area is 159 Å². The van der Waals surface area contributed by atoms with Gasteiger partial charge in [-0.25, -0.2) is 18.2 Å². The first-order chi connectivity index (χ1) is 12.5. The summed E-state index contributed by atoms with van der Waals surface area (Å²) in [6.07, 6.45) is -2.93. The number of rotatable bonds is 7. The summed E-state index contributed by atoms with van der Waals surface area (Å²) in [5.41, 5.74) is -0.229. The number of Topliss-reactive ketones (excluding diaryl/α,β-unsaturated/α-hetero) is 1. The van der Waals surface area contributed by atoms with Crippen molar-refractivity contribution in [1.29, 1.82) is 0 Å². The highest BCUT2D eigenvalue weighted by molar-refractivity contribution is 6.32. The number of benzene rings is 1. The van der Waals surface area contributed by atoms with E-state index in [1.807, 2.05) is 0 Å². The van der Waals surface area contributed by atoms with E-state index in [-0.39, 0.29) is 27.1 Å². The highest BCUT2D eigenvalue weighted by atomic mass is 35.5. The molecule has 0 saturated heterocycles. The minimum Gasteiger partial charge on any atom is -0.470 e. The number of nitrogens with zero attached hydrogens (tertiary/aromatic N) is 1. The zero-order chi connectivity index (χ0) is 20.4. The van der Waals surface area contributed by atoms with Gasteiger partial charge in [-0.2, -0.15) is 8.78 Å². The third-order valence-corrected chi connectivity index (χ3v) is 3.70. The molecule has 0 fully saturated rings. The molecule has 0 unspecified atom stereocenters. The minimum absolute atomic E-state index is 0.0650. The third kappa shape index (κ3) is 5.20. The zero-order valence-electron chi connectivity index (χ0n) is 13.4. The molecule has 0 spiro atoms. The van der Waals surface area contributed by atoms with Crippen LogP contribution in [0.5, 0.6) is 17.4 Å². The van der Waals surface area contributed by atoms with Crippen LogP contribution in [0.4, 0.5) is 22.0 Å². The van der Waals surface area contributed by atoms with Crippen molar-refractivity contribution in [2.24, 2.45) is 0 Å². The molecule has 0 aliphatic heterocycles. The molecule has 0 atom stereocenters. The second-order valence-electron chi connectivity index (χ2n) is 5.23. The van der Waals surface area contributed by atoms with Crippen LogP contribution in [-0.2, 0) is 0 Å². The molecule has 0 aliphatic carbocycles. The van der Waals surface area contributed by atoms with Gasteiger partial charge in [-0.3, -0.25) is 4.79 Å². The zero-order valence-corrected chi connectivity index (χ0v) is 14.9. The van der Waals surface area contributed by atoms with Crippen LogP contribution in [0.2, 0.25) is 10.0 Å². The SMILES string of the molecule is CC(=O)c1cc(Cl)c(Oc2cnc(OCC(F)(F)C(F)F)c(Cl)c2)cc1F. The Bertz CT molecular complexity index is 864. The van der Waals surface area contributed by atoms with Gasteiger partial charge in [0.2, 0.25) is 5.88 Å². The van der Waals surface area contributed by atoms with Crippen molar-refractivity contribution < 1.29 is 36.2 Å². The predicted octanol–water partition coefficient (Wildman–Crippen LogP) is 5.80. The summed E-state index contributed by atoms with van der Waals surface area (Å²) < 4.78 is 73.6. The Morgan fingerprint density at radius 2 is 1.89 bits per heavy atom. The van der Waals surface area contributed by atoms with E-state index in [0.717, 1.165) is 31.3 Å². The second kappa shape index (κ2) is 8.26. The van der Waals surface area contributed by atoms with Crippen molar-refractivity contribution in [2.45, 2.75) is 19.3 Å². The number of ketones is 1. The fourth-order valence-corrected chi connectivity index (χ4v) is 2.21. The first kappa shape index (κ1) is 21.2. The fraction of sp³-hybridized carbons (Fsp3) is 0.250. The lowest BCUT2D eigenvalue weighted by Crippen LogP contribution is -2.33. The Morgan fingerprint density at radius 1 is 1.22 bits per heavy atom. The monoisotopic (exact) mass is 429 g/mol. The molecule has 2 rings (SSSR count). The molecule has 0 saturated carbocycles. The van der Waals surface area contributed by atoms with Gasteiger partial charge in [0.15, 0.2) is 12.4 Å². The number of hydrogen-bond acceptors (Lipinski definition) is 4. The van der Waals surface area contributed by atoms with Crippen molar-refractivity contribution in [3.8, 4) is 17.4 Å². The number of alkyl halides is 4. The smallest absolute Gasteiger partial charge is 0.340 e. The third-order valence-electron chi connectivity index (χ3n) is 3.13. The Morgan fingerprint density at radius 3 is 2.44 bits per heavy atom. The summed E-state index contributed by atoms with van der Waals surface area (Å²) in [5.74, 6) is -6.51. The van der Waals surface area contributed by atoms with E-state index in [4.69, 9.17) is 27.9 Å². The summed E-state index contributed by atoms with van der Waals surface area (Å²) >= 11 is 11.7. The lowest BCUT2D eigenvalue weighted by Gasteiger charge is -2.16. The number of halogens is 7. The van der Waals surface area contributed by atoms with Gasteiger partial charge >= 0.3 is 12.3 Å². The molecule has 0 bridgehead atoms. The fourth-order valence-electron chi connectivity index (χ4n) is 1.80. The van der Waals surface area contributed by atoms with Crippen LogP contribution >= 0.6 is 23.2 Å². The van der Waals surface area contributed by atoms with Crippen molar-refractivity contribution in [3.05, 3.63) is 45.8 Å². The average Bonchev–Trinajstić information content (AvgIpc) is 2.56. The van der Waals surface area contributed by atoms with E-state index in [2.05, 4.69) is 9.72 Å². The average molecular weight is 430 g/mol. The molecule has 2 aromatic rings. The highest BCUT2D eigenvalue weighted by Crippen LogP contribution is 2.34. The summed E-state index contributed by atoms with van der Waals surface area (Å²) in [7, 11) is 0. The molecule has 1 aromatic heterocycles. The number of ether oxygens (including phenoxy) is 2. The van der Waals surface area contributed by atoms with E-state index in [1.165, 1.54) is 0 Å². The normalized spacial score (nSPS) is 11.6. The van der Waals surface area contributed by atoms with E-state index in [0.29, 0.717) is 0 Å². The largest absolute Gasteiger partial charge is 0.470 e. The van der Waals surface area contributed by atoms with Gasteiger partial charge < -0.3 is 9.47 Å². The van der Waals surface area contributed by atoms with Crippen molar-refractivity contribution in [2.75, 3.05) is 6.61 Å². The topological polar surface area (TPSA) is 48.4 Å². The molecule has 0 aliphatic rings. The molecule has 27 heavy (non-hydrogen) atoms. The summed E-state index contributed by atoms with van der Waals surface area (Å²) in [5, 5.41) is -0.385. The van der Waals surface area contributed by atoms with E-state index >= 15 is 0 Å². The molecule has 1 heterocycles. The van der Waals surface area contributed by atoms with Crippen molar-refractivity contribution in [3.63, 3.8) is 0 Å². The van der Waals surface area contributed by atoms with Crippen LogP contribution < -0.4 is 9.47 Å². The van der Waals surface area contributed by atoms with E-state index in [9.17, 15) is 26.7 Å². The maximum absolute atomic E-state index is 13.9. The number of hydrogen-bond donors (Lipinski definition) is 0. The van der Waals surface area contributed by atoms with Gasteiger partial charge in [0.05, 0.1) is 16.8 Å². The molecule has 4 nitrogen and oxygen atoms in total. The lowest BCUT2D eigenvalue weighted by atomic mass is 10.1. The van der Waals surface area contributed by atoms with E-state index < -0.39 is 36.4 Å². The molecule has 146 valence electrons. The molecular formula is C16H10Cl2F5NO3. The first-order valence-electron chi connectivity index (χ1n) is 7.13. The number of carbonyl (C=O) groups excluding carboxylic acids is 1. The summed E-state index contributed by atoms with van der Waals surface area (Å²) in [6.45, 7) is -0.462. The molecule has 11 heteroatoms. The van der Waals surface area contributed by atoms with Gasteiger partial charge in [-0.15, -0.1) is 0 Å². The van der Waals surface area contributed by atoms with Crippen LogP contribution in [0, 0.1) is 5.82 Å². The highest BCUT2D eigenvalue weighted by Gasteiger charge is 2.42. The van der Waals surface area contributed by atoms with Crippen LogP contribution in [0.1, 0.15) is 17.3 Å². The van der Waals surface area contributed by atoms with Gasteiger partial charge in [-0.05, 0) is 13.0 Å². The number of carbonyl (C=O) groups is 1. The minimum atomic E-state index is -4.37. The van der Waals surface area contributed by atoms with Crippen LogP contribution in [0.15, 0.2) is 24.4 Å². The molecule has 0 amide bonds. The lowest BCUT2D eigenvalue weighted by molar-refractivity contribution is -0.148. The Balaban J connectivity index is 2.17. The Hall–Kier alpha value is -2.13. The number of pyridine rings is 1. The maximum Gasteiger partial charge on any atom is 0.340 e. The van der Waals surface area contributed by atoms with Gasteiger partial charge in [0.25, 0.3) is 0 Å². The standard InChI is InChI=1S/C16H10Cl2F5NO3/c1-7(25)9-3-10(17)13(4-12(9)19)27-8-2-11(18)14(24-5-8)26-6-16(22,23)15(20)21/h2-5,15H,6H2,1H3. The first-order valence-corrected chi connectivity index (χ1v) is 7.89. The summed E-state index contributed by atoms with van der Waals surface area (Å²) in [6, 6.07) is 3.03. The quantitative estimate of drug-likeness (QED) is 0.412. The van der Waals surface area contributed by atoms with Crippen LogP contribution in [-0.4, -0.2) is 29.7 Å². The number of aromatic nitrogens is 1. The maximum atomic E-state index is 13.9. The molecule has 0 N–H and O–H groups in total. The van der Waals surface area contributed by atoms with Crippen LogP contribution in [0.25, 0.3) is 0 Å². The van der Waals surface area contributed by atoms with Crippen molar-refractivity contribution >= 4 is 29.0 Å². The molecular weight excluding hydrogens is 420 g/mol. The van der Waals surface area contributed by atoms with Gasteiger partial charge in [-0.1, -0.05) is 23.2 Å². The van der Waals surface area contributed by atoms with Crippen LogP contribution in [0.3, 0.4) is 0 Å². The van der Waals surface area contributed by atoms with Gasteiger partial charge in [0.1, 0.15) is 22.3 Å². The molecule has 1 aromatic carbocycles. The summed E-state index contributed by atoms with van der Waals surface area (Å²) in [4.78, 5) is 14.8. The van der Waals surface area contributed by atoms with Crippen molar-refractivity contribution in [1.82, 2.24) is 4.98 Å². The Kier molecular flexibility index (Phi) is 6.48. The predicted molar refractivity (Wildman–Crippen MR) is 87.2 cm³/mol. The van der Waals surface area contributed by atoms with E-state index in [1.54, 1.807) is 0 Å². The second-order valence-corrected chi connectivity index (χ2v) is 6.04. The van der Waals surface area contributed by atoms with Gasteiger partial charge in [0, 0.05) is 12.1 Å².